The molecule has 0 aliphatic rings. The Morgan fingerprint density at radius 1 is 1.57 bits per heavy atom. The molecule has 0 aliphatic carbocycles. The molecule has 0 saturated carbocycles. The summed E-state index contributed by atoms with van der Waals surface area (Å²) in [7, 11) is 0. The molecule has 0 bridgehead atoms. The zero-order chi connectivity index (χ0) is 9.84. The molecule has 0 amide bonds. The number of hydrogen-bond donors (Lipinski definition) is 0. The van der Waals surface area contributed by atoms with Crippen molar-refractivity contribution in [2.45, 2.75) is 12.8 Å². The van der Waals surface area contributed by atoms with Crippen molar-refractivity contribution in [3.05, 3.63) is 29.6 Å². The van der Waals surface area contributed by atoms with Gasteiger partial charge in [-0.1, -0.05) is 0 Å². The number of hydrogen-bond acceptors (Lipinski definition) is 3. The maximum absolute atomic E-state index is 12.1. The van der Waals surface area contributed by atoms with Crippen LogP contribution in [0.25, 0.3) is 0 Å². The molecule has 0 N–H and O–H groups in total. The molecule has 0 radical (unpaired) electrons. The maximum Gasteiger partial charge on any atom is 1.00 e. The molecule has 1 aromatic rings. The topological polar surface area (TPSA) is 53.0 Å². The average Bonchev–Trinajstić information content (AvgIpc) is 2.03. The van der Waals surface area contributed by atoms with Gasteiger partial charge in [-0.3, -0.25) is 4.98 Å². The number of alkyl halides is 2. The molecule has 3 nitrogen and oxygen atoms in total. The van der Waals surface area contributed by atoms with Gasteiger partial charge in [0, 0.05) is 29.8 Å². The summed E-state index contributed by atoms with van der Waals surface area (Å²) < 4.78 is 24.2. The molecule has 0 aliphatic heterocycles. The molecule has 0 fully saturated rings. The van der Waals surface area contributed by atoms with Crippen molar-refractivity contribution in [2.75, 3.05) is 0 Å². The van der Waals surface area contributed by atoms with Gasteiger partial charge in [0.1, 0.15) is 0 Å². The van der Waals surface area contributed by atoms with Crippen LogP contribution < -0.4 is 24.0 Å². The van der Waals surface area contributed by atoms with Gasteiger partial charge in [0.05, 0.1) is 0 Å². The molecule has 1 heterocycles. The Kier molecular flexibility index (Phi) is 5.36. The Labute approximate surface area is 91.3 Å². The third kappa shape index (κ3) is 3.86. The molecule has 0 spiro atoms. The molecule has 70 valence electrons. The minimum absolute atomic E-state index is 0. The van der Waals surface area contributed by atoms with Gasteiger partial charge in [0.2, 0.25) is 0 Å². The Hall–Kier alpha value is -0.923. The van der Waals surface area contributed by atoms with Gasteiger partial charge in [-0.05, 0) is 12.1 Å². The number of carbonyl (C=O) groups excluding carboxylic acids is 1. The van der Waals surface area contributed by atoms with E-state index in [4.69, 9.17) is 0 Å². The van der Waals surface area contributed by atoms with Crippen LogP contribution >= 0.6 is 0 Å². The first-order valence-corrected chi connectivity index (χ1v) is 3.52. The molecule has 6 heteroatoms. The normalized spacial score (nSPS) is 9.64. The smallest absolute Gasteiger partial charge is 0.550 e. The molecule has 14 heavy (non-hydrogen) atoms. The first-order valence-electron chi connectivity index (χ1n) is 3.52. The number of halogens is 2. The Morgan fingerprint density at radius 2 is 2.21 bits per heavy atom. The number of carbonyl (C=O) groups is 1. The van der Waals surface area contributed by atoms with Gasteiger partial charge in [0.15, 0.2) is 0 Å². The van der Waals surface area contributed by atoms with Gasteiger partial charge >= 0.3 is 18.9 Å². The van der Waals surface area contributed by atoms with E-state index in [2.05, 4.69) is 4.98 Å². The zero-order valence-corrected chi connectivity index (χ0v) is 7.54. The summed E-state index contributed by atoms with van der Waals surface area (Å²) in [5.41, 5.74) is -0.149. The predicted octanol–water partition coefficient (Wildman–Crippen LogP) is -2.68. The number of pyridine rings is 1. The zero-order valence-electron chi connectivity index (χ0n) is 7.54. The summed E-state index contributed by atoms with van der Waals surface area (Å²) in [4.78, 5) is 13.7. The number of aromatic nitrogens is 1. The van der Waals surface area contributed by atoms with Gasteiger partial charge in [-0.25, -0.2) is 8.78 Å². The molecule has 0 saturated heterocycles. The Morgan fingerprint density at radius 3 is 2.71 bits per heavy atom. The van der Waals surface area contributed by atoms with Gasteiger partial charge in [0.25, 0.3) is 6.43 Å². The molecular formula is C8H6F2LiNO2. The second-order valence-corrected chi connectivity index (χ2v) is 2.43. The fourth-order valence-electron chi connectivity index (χ4n) is 0.877. The minimum Gasteiger partial charge on any atom is -0.550 e. The largest absolute Gasteiger partial charge is 1.00 e. The van der Waals surface area contributed by atoms with Crippen molar-refractivity contribution in [3.63, 3.8) is 0 Å². The number of carboxylic acids is 1. The average molecular weight is 193 g/mol. The van der Waals surface area contributed by atoms with E-state index in [0.29, 0.717) is 0 Å². The van der Waals surface area contributed by atoms with Crippen molar-refractivity contribution < 1.29 is 37.5 Å². The van der Waals surface area contributed by atoms with Crippen molar-refractivity contribution in [2.24, 2.45) is 0 Å². The summed E-state index contributed by atoms with van der Waals surface area (Å²) in [5.74, 6) is -1.33. The van der Waals surface area contributed by atoms with Crippen molar-refractivity contribution >= 4 is 5.97 Å². The molecule has 0 aromatic carbocycles. The first-order chi connectivity index (χ1) is 6.09. The summed E-state index contributed by atoms with van der Waals surface area (Å²) in [6.07, 6.45) is -1.90. The van der Waals surface area contributed by atoms with Crippen LogP contribution in [0, 0.1) is 0 Å². The summed E-state index contributed by atoms with van der Waals surface area (Å²) >= 11 is 0. The van der Waals surface area contributed by atoms with E-state index in [0.717, 1.165) is 18.3 Å². The van der Waals surface area contributed by atoms with Crippen LogP contribution in [0.15, 0.2) is 18.3 Å². The van der Waals surface area contributed by atoms with E-state index in [1.807, 2.05) is 0 Å². The van der Waals surface area contributed by atoms with Crippen molar-refractivity contribution in [1.29, 1.82) is 0 Å². The van der Waals surface area contributed by atoms with Crippen LogP contribution in [-0.4, -0.2) is 11.0 Å². The van der Waals surface area contributed by atoms with E-state index < -0.39 is 18.8 Å². The van der Waals surface area contributed by atoms with Crippen LogP contribution in [0.2, 0.25) is 0 Å². The fraction of sp³-hybridized carbons (Fsp3) is 0.250. The van der Waals surface area contributed by atoms with Crippen LogP contribution in [0.3, 0.4) is 0 Å². The Balaban J connectivity index is 0.00000169. The second-order valence-electron chi connectivity index (χ2n) is 2.43. The summed E-state index contributed by atoms with van der Waals surface area (Å²) in [6.45, 7) is 0. The van der Waals surface area contributed by atoms with Crippen LogP contribution in [-0.2, 0) is 11.2 Å². The second kappa shape index (κ2) is 5.73. The van der Waals surface area contributed by atoms with Crippen molar-refractivity contribution in [3.8, 4) is 0 Å². The Bertz CT molecular complexity index is 320. The van der Waals surface area contributed by atoms with Gasteiger partial charge in [-0.2, -0.15) is 0 Å². The molecule has 0 unspecified atom stereocenters. The summed E-state index contributed by atoms with van der Waals surface area (Å²) in [5, 5.41) is 10.1. The van der Waals surface area contributed by atoms with Crippen molar-refractivity contribution in [1.82, 2.24) is 4.98 Å². The monoisotopic (exact) mass is 193 g/mol. The molecule has 1 rings (SSSR count). The summed E-state index contributed by atoms with van der Waals surface area (Å²) in [6, 6.07) is 2.20. The SMILES string of the molecule is O=C([O-])Cc1cc(C(F)F)ccn1.[Li+]. The number of carboxylic acid groups (broad SMARTS) is 1. The van der Waals surface area contributed by atoms with Crippen LogP contribution in [0.5, 0.6) is 0 Å². The van der Waals surface area contributed by atoms with Crippen LogP contribution in [0.4, 0.5) is 8.78 Å². The third-order valence-corrected chi connectivity index (χ3v) is 1.42. The third-order valence-electron chi connectivity index (χ3n) is 1.42. The molecular weight excluding hydrogens is 187 g/mol. The van der Waals surface area contributed by atoms with E-state index in [1.165, 1.54) is 0 Å². The standard InChI is InChI=1S/C8H7F2NO2.Li/c9-8(10)5-1-2-11-6(3-5)4-7(12)13;/h1-3,8H,4H2,(H,12,13);/q;+1/p-1. The minimum atomic E-state index is -2.61. The maximum atomic E-state index is 12.1. The predicted molar refractivity (Wildman–Crippen MR) is 37.9 cm³/mol. The van der Waals surface area contributed by atoms with E-state index in [-0.39, 0.29) is 30.1 Å². The van der Waals surface area contributed by atoms with E-state index in [1.54, 1.807) is 0 Å². The number of nitrogens with zero attached hydrogens (tertiary/aromatic N) is 1. The van der Waals surface area contributed by atoms with Gasteiger partial charge in [-0.15, -0.1) is 0 Å². The number of rotatable bonds is 3. The molecule has 0 atom stereocenters. The van der Waals surface area contributed by atoms with Gasteiger partial charge < -0.3 is 9.90 Å². The van der Waals surface area contributed by atoms with E-state index in [9.17, 15) is 18.7 Å². The number of aliphatic carboxylic acids is 1. The van der Waals surface area contributed by atoms with Crippen LogP contribution in [0.1, 0.15) is 17.7 Å². The molecule has 1 aromatic heterocycles. The quantitative estimate of drug-likeness (QED) is 0.491. The van der Waals surface area contributed by atoms with E-state index >= 15 is 0 Å². The first kappa shape index (κ1) is 13.1. The fourth-order valence-corrected chi connectivity index (χ4v) is 0.877.